The van der Waals surface area contributed by atoms with E-state index >= 15 is 0 Å². The number of rotatable bonds is 3. The lowest BCUT2D eigenvalue weighted by Crippen LogP contribution is -2.61. The lowest BCUT2D eigenvalue weighted by Gasteiger charge is -2.46. The van der Waals surface area contributed by atoms with Gasteiger partial charge in [0.2, 0.25) is 5.88 Å². The second-order valence-corrected chi connectivity index (χ2v) is 27.0. The van der Waals surface area contributed by atoms with Crippen molar-refractivity contribution in [2.45, 2.75) is 123 Å². The van der Waals surface area contributed by atoms with Crippen molar-refractivity contribution in [3.63, 3.8) is 0 Å². The summed E-state index contributed by atoms with van der Waals surface area (Å²) in [4.78, 5) is 5.37. The van der Waals surface area contributed by atoms with E-state index in [4.69, 9.17) is 4.42 Å². The molecule has 2 aliphatic carbocycles. The Kier molecular flexibility index (Phi) is 9.38. The van der Waals surface area contributed by atoms with Crippen LogP contribution in [-0.4, -0.2) is 6.85 Å². The highest BCUT2D eigenvalue weighted by Gasteiger charge is 2.53. The topological polar surface area (TPSA) is 19.6 Å². The molecule has 5 heteroatoms. The normalized spacial score (nSPS) is 16.8. The maximum Gasteiger partial charge on any atom is 0.337 e. The van der Waals surface area contributed by atoms with Crippen molar-refractivity contribution < 1.29 is 4.42 Å². The molecule has 2 aromatic heterocycles. The van der Waals surface area contributed by atoms with Crippen LogP contribution in [0.5, 0.6) is 0 Å². The van der Waals surface area contributed by atoms with Gasteiger partial charge in [0.1, 0.15) is 5.58 Å². The third-order valence-corrected chi connectivity index (χ3v) is 19.2. The Morgan fingerprint density at radius 1 is 0.514 bits per heavy atom. The smallest absolute Gasteiger partial charge is 0.337 e. The number of nitrogens with zero attached hydrogens (tertiary/aromatic N) is 2. The van der Waals surface area contributed by atoms with Gasteiger partial charge in [-0.25, -0.2) is 0 Å². The third-order valence-electron chi connectivity index (χ3n) is 18.0. The Morgan fingerprint density at radius 2 is 1.16 bits per heavy atom. The van der Waals surface area contributed by atoms with Crippen LogP contribution in [0.1, 0.15) is 129 Å². The lowest BCUT2D eigenvalue weighted by atomic mass is 9.43. The summed E-state index contributed by atoms with van der Waals surface area (Å²) >= 11 is 1.92. The minimum Gasteiger partial charge on any atom is -0.440 e. The van der Waals surface area contributed by atoms with E-state index in [1.54, 1.807) is 0 Å². The van der Waals surface area contributed by atoms with E-state index in [2.05, 4.69) is 244 Å². The molecule has 0 radical (unpaired) electrons. The van der Waals surface area contributed by atoms with Crippen LogP contribution < -0.4 is 20.6 Å². The van der Waals surface area contributed by atoms with Crippen LogP contribution in [0.25, 0.3) is 64.5 Å². The monoisotopic (exact) mass is 980 g/mol. The van der Waals surface area contributed by atoms with Crippen LogP contribution in [0.3, 0.4) is 0 Å². The van der Waals surface area contributed by atoms with E-state index in [1.807, 2.05) is 11.3 Å². The van der Waals surface area contributed by atoms with Crippen molar-refractivity contribution >= 4 is 88.9 Å². The predicted octanol–water partition coefficient (Wildman–Crippen LogP) is 18.4. The Hall–Kier alpha value is -6.82. The highest BCUT2D eigenvalue weighted by atomic mass is 32.1. The maximum atomic E-state index is 7.87. The number of anilines is 5. The molecule has 2 aliphatic heterocycles. The van der Waals surface area contributed by atoms with Crippen molar-refractivity contribution in [1.29, 1.82) is 0 Å². The van der Waals surface area contributed by atoms with E-state index in [0.717, 1.165) is 30.0 Å². The summed E-state index contributed by atoms with van der Waals surface area (Å²) in [5, 5.41) is 3.78. The van der Waals surface area contributed by atoms with Crippen molar-refractivity contribution in [3.05, 3.63) is 185 Å². The summed E-state index contributed by atoms with van der Waals surface area (Å²) in [6.45, 7) is 28.4. The number of benzene rings is 8. The van der Waals surface area contributed by atoms with Crippen LogP contribution in [-0.2, 0) is 27.1 Å². The summed E-state index contributed by atoms with van der Waals surface area (Å²) in [5.74, 6) is 0.905. The van der Waals surface area contributed by atoms with E-state index < -0.39 is 0 Å². The second-order valence-electron chi connectivity index (χ2n) is 26.0. The van der Waals surface area contributed by atoms with Gasteiger partial charge in [-0.15, -0.1) is 11.3 Å². The van der Waals surface area contributed by atoms with Crippen molar-refractivity contribution in [2.75, 3.05) is 9.71 Å². The molecule has 74 heavy (non-hydrogen) atoms. The van der Waals surface area contributed by atoms with Gasteiger partial charge in [0.05, 0.1) is 16.1 Å². The molecule has 3 nitrogen and oxygen atoms in total. The van der Waals surface area contributed by atoms with Gasteiger partial charge in [0.15, 0.2) is 0 Å². The zero-order valence-electron chi connectivity index (χ0n) is 45.1. The number of fused-ring (bicyclic) bond motifs is 15. The number of hydrogen-bond acceptors (Lipinski definition) is 4. The Morgan fingerprint density at radius 3 is 1.89 bits per heavy atom. The number of thiophene rings is 1. The lowest BCUT2D eigenvalue weighted by molar-refractivity contribution is 0.332. The first kappa shape index (κ1) is 45.8. The Bertz CT molecular complexity index is 4020. The first-order valence-corrected chi connectivity index (χ1v) is 27.8. The van der Waals surface area contributed by atoms with Gasteiger partial charge < -0.3 is 9.23 Å². The summed E-state index contributed by atoms with van der Waals surface area (Å²) in [6.07, 6.45) is 2.26. The number of hydrogen-bond donors (Lipinski definition) is 0. The molecule has 0 fully saturated rings. The van der Waals surface area contributed by atoms with E-state index in [-0.39, 0.29) is 33.9 Å². The van der Waals surface area contributed by atoms with Gasteiger partial charge in [-0.05, 0) is 144 Å². The fraction of sp³-hybridized carbons (Fsp3) is 0.275. The molecule has 0 spiro atoms. The third kappa shape index (κ3) is 6.32. The van der Waals surface area contributed by atoms with Crippen LogP contribution in [0.15, 0.2) is 156 Å². The van der Waals surface area contributed by atoms with Gasteiger partial charge in [-0.1, -0.05) is 186 Å². The summed E-state index contributed by atoms with van der Waals surface area (Å²) in [7, 11) is 0. The van der Waals surface area contributed by atoms with Gasteiger partial charge in [0, 0.05) is 54.2 Å². The molecule has 4 aliphatic rings. The molecule has 14 rings (SSSR count). The highest BCUT2D eigenvalue weighted by molar-refractivity contribution is 7.26. The predicted molar refractivity (Wildman–Crippen MR) is 319 cm³/mol. The van der Waals surface area contributed by atoms with Crippen LogP contribution >= 0.6 is 11.3 Å². The Balaban J connectivity index is 1.20. The highest BCUT2D eigenvalue weighted by Crippen LogP contribution is 2.60. The van der Waals surface area contributed by atoms with Crippen molar-refractivity contribution in [1.82, 2.24) is 0 Å². The average molecular weight is 981 g/mol. The zero-order chi connectivity index (χ0) is 51.2. The van der Waals surface area contributed by atoms with Crippen LogP contribution in [0.4, 0.5) is 28.6 Å². The van der Waals surface area contributed by atoms with Gasteiger partial charge in [0.25, 0.3) is 0 Å². The SMILES string of the molecule is CC(C)(C)c1ccc(N2B3c4c(cc5c(sc6ccccc65)c4N(c4ccc(C(C)(C)C)cc4-c4ccccc4)c4oc5cc6c(cc5c43)C(C)(C)CCC6(C)C)-c3ccc4c(c32)C(C)(C)c2ccccc2-4)cc1. The van der Waals surface area contributed by atoms with Gasteiger partial charge in [-0.2, -0.15) is 0 Å². The molecule has 4 heterocycles. The fourth-order valence-corrected chi connectivity index (χ4v) is 15.0. The van der Waals surface area contributed by atoms with Gasteiger partial charge in [-0.3, -0.25) is 4.90 Å². The van der Waals surface area contributed by atoms with Crippen LogP contribution in [0, 0.1) is 0 Å². The molecule has 0 unspecified atom stereocenters. The molecule has 0 atom stereocenters. The molecule has 0 saturated carbocycles. The molecule has 366 valence electrons. The minimum atomic E-state index is -0.281. The van der Waals surface area contributed by atoms with Gasteiger partial charge >= 0.3 is 6.85 Å². The number of furan rings is 1. The second kappa shape index (κ2) is 15.2. The summed E-state index contributed by atoms with van der Waals surface area (Å²) in [6, 6.07) is 58.7. The molecule has 10 aromatic rings. The van der Waals surface area contributed by atoms with Crippen molar-refractivity contribution in [2.24, 2.45) is 0 Å². The fourth-order valence-electron chi connectivity index (χ4n) is 13.8. The Labute approximate surface area is 442 Å². The molecular formula is C69H65BN2OS. The minimum absolute atomic E-state index is 0.000418. The molecule has 8 aromatic carbocycles. The summed E-state index contributed by atoms with van der Waals surface area (Å²) < 4.78 is 10.4. The quantitative estimate of drug-likeness (QED) is 0.165. The molecule has 0 amide bonds. The molecule has 0 bridgehead atoms. The molecular weight excluding hydrogens is 916 g/mol. The van der Waals surface area contributed by atoms with E-state index in [0.29, 0.717) is 0 Å². The maximum absolute atomic E-state index is 7.87. The first-order valence-electron chi connectivity index (χ1n) is 27.0. The van der Waals surface area contributed by atoms with E-state index in [9.17, 15) is 0 Å². The average Bonchev–Trinajstić information content (AvgIpc) is 4.07. The van der Waals surface area contributed by atoms with Crippen LogP contribution in [0.2, 0.25) is 0 Å². The van der Waals surface area contributed by atoms with Crippen molar-refractivity contribution in [3.8, 4) is 33.4 Å². The molecule has 0 N–H and O–H groups in total. The summed E-state index contributed by atoms with van der Waals surface area (Å²) in [5.41, 5.74) is 23.8. The first-order chi connectivity index (χ1) is 35.2. The standard InChI is InChI=1S/C69H65BN2OS/c1-65(2,3)41-26-29-43(30-27-41)72-61-47(32-31-46-44-22-16-18-24-52(44)69(11,12)58(46)61)49-37-50-45-23-17-19-25-57(45)74-63(50)62-59(49)70(72)60-51-38-53-54(68(9,10)35-34-67(53,7)8)39-56(51)73-64(60)71(62)55-33-28-42(66(4,5)6)36-48(55)40-20-14-13-15-21-40/h13-33,36-39H,34-35H2,1-12H3. The zero-order valence-corrected chi connectivity index (χ0v) is 46.0. The van der Waals surface area contributed by atoms with E-state index in [1.165, 1.54) is 120 Å². The largest absolute Gasteiger partial charge is 0.440 e. The molecule has 0 saturated heterocycles.